The molecule has 2 aliphatic rings. The zero-order valence-corrected chi connectivity index (χ0v) is 35.0. The van der Waals surface area contributed by atoms with Crippen LogP contribution < -0.4 is 4.90 Å². The number of piperidine rings is 1. The second-order valence-electron chi connectivity index (χ2n) is 17.3. The number of nitrogens with zero attached hydrogens (tertiary/aromatic N) is 6. The number of fused-ring (bicyclic) bond motifs is 3. The van der Waals surface area contributed by atoms with E-state index in [-0.39, 0.29) is 24.1 Å². The summed E-state index contributed by atoms with van der Waals surface area (Å²) in [6, 6.07) is 19.1. The molecule has 2 saturated heterocycles. The first-order chi connectivity index (χ1) is 25.4. The summed E-state index contributed by atoms with van der Waals surface area (Å²) in [4.78, 5) is 27.6. The minimum Gasteiger partial charge on any atom is -0.449 e. The molecule has 10 nitrogen and oxygen atoms in total. The first-order valence-electron chi connectivity index (χ1n) is 19.7. The second kappa shape index (κ2) is 17.3. The summed E-state index contributed by atoms with van der Waals surface area (Å²) >= 11 is 0. The molecule has 6 rings (SSSR count). The van der Waals surface area contributed by atoms with Gasteiger partial charge < -0.3 is 24.0 Å². The highest BCUT2D eigenvalue weighted by atomic mass is 28.3. The molecule has 0 radical (unpaired) electrons. The first kappa shape index (κ1) is 39.1. The summed E-state index contributed by atoms with van der Waals surface area (Å²) in [7, 11) is -2.53. The predicted octanol–water partition coefficient (Wildman–Crippen LogP) is 9.54. The highest BCUT2D eigenvalue weighted by Gasteiger charge is 2.45. The van der Waals surface area contributed by atoms with Crippen molar-refractivity contribution in [3.05, 3.63) is 66.6 Å². The van der Waals surface area contributed by atoms with Crippen LogP contribution in [0.25, 0.3) is 28.0 Å². The van der Waals surface area contributed by atoms with Gasteiger partial charge in [-0.3, -0.25) is 4.98 Å². The number of carbonyl (C=O) groups excluding carboxylic acids is 1. The van der Waals surface area contributed by atoms with Crippen molar-refractivity contribution in [2.24, 2.45) is 0 Å². The molecule has 1 aromatic carbocycles. The van der Waals surface area contributed by atoms with Gasteiger partial charge >= 0.3 is 6.09 Å². The number of benzene rings is 1. The van der Waals surface area contributed by atoms with Gasteiger partial charge in [0.2, 0.25) is 0 Å². The SMILES string of the molecule is CCCCOC(=O)N1C2CCC1CC(c1cc(N(COCC[Si](C)(C)C)COCC[Si](C)(C)C)n3ncc(-c4ccc(-c5ccccc5)nc4)c3n1)C2. The fraction of sp³-hybridized carbons (Fsp3) is 0.561. The lowest BCUT2D eigenvalue weighted by Crippen LogP contribution is -2.46. The van der Waals surface area contributed by atoms with Crippen LogP contribution in [0.5, 0.6) is 0 Å². The number of ether oxygens (including phenoxy) is 3. The maximum atomic E-state index is 13.2. The molecular formula is C41H60N6O4Si2. The molecule has 1 amide bonds. The number of aromatic nitrogens is 4. The quantitative estimate of drug-likeness (QED) is 0.0598. The summed E-state index contributed by atoms with van der Waals surface area (Å²) in [5.74, 6) is 1.10. The lowest BCUT2D eigenvalue weighted by Gasteiger charge is -2.38. The number of carbonyl (C=O) groups is 1. The van der Waals surface area contributed by atoms with E-state index in [0.29, 0.717) is 33.3 Å². The van der Waals surface area contributed by atoms with Gasteiger partial charge in [0.05, 0.1) is 18.5 Å². The Morgan fingerprint density at radius 3 is 2.09 bits per heavy atom. The van der Waals surface area contributed by atoms with Crippen molar-refractivity contribution >= 4 is 33.7 Å². The highest BCUT2D eigenvalue weighted by Crippen LogP contribution is 2.44. The number of hydrogen-bond acceptors (Lipinski definition) is 8. The van der Waals surface area contributed by atoms with Gasteiger partial charge in [-0.15, -0.1) is 0 Å². The average molecular weight is 757 g/mol. The molecule has 0 saturated carbocycles. The van der Waals surface area contributed by atoms with Crippen LogP contribution in [-0.2, 0) is 14.2 Å². The van der Waals surface area contributed by atoms with Gasteiger partial charge in [-0.2, -0.15) is 9.61 Å². The molecular weight excluding hydrogens is 697 g/mol. The Labute approximate surface area is 318 Å². The number of anilines is 1. The summed E-state index contributed by atoms with van der Waals surface area (Å²) in [5, 5.41) is 4.95. The number of unbranched alkanes of at least 4 members (excludes halogenated alkanes) is 1. The lowest BCUT2D eigenvalue weighted by molar-refractivity contribution is 0.0644. The van der Waals surface area contributed by atoms with E-state index in [0.717, 1.165) is 90.2 Å². The average Bonchev–Trinajstić information content (AvgIpc) is 3.67. The third kappa shape index (κ3) is 10.1. The molecule has 2 fully saturated rings. The molecule has 2 atom stereocenters. The van der Waals surface area contributed by atoms with Gasteiger partial charge in [0.1, 0.15) is 19.3 Å². The summed E-state index contributed by atoms with van der Waals surface area (Å²) in [6.45, 7) is 19.1. The summed E-state index contributed by atoms with van der Waals surface area (Å²) < 4.78 is 20.4. The van der Waals surface area contributed by atoms with Gasteiger partial charge in [0, 0.05) is 82.0 Å². The van der Waals surface area contributed by atoms with Crippen LogP contribution in [0.15, 0.2) is 60.9 Å². The molecule has 0 aliphatic carbocycles. The Morgan fingerprint density at radius 1 is 0.849 bits per heavy atom. The van der Waals surface area contributed by atoms with Crippen molar-refractivity contribution in [3.63, 3.8) is 0 Å². The molecule has 2 aliphatic heterocycles. The van der Waals surface area contributed by atoms with Gasteiger partial charge in [-0.1, -0.05) is 89.0 Å². The smallest absolute Gasteiger partial charge is 0.410 e. The van der Waals surface area contributed by atoms with E-state index >= 15 is 0 Å². The van der Waals surface area contributed by atoms with Crippen LogP contribution in [0.2, 0.25) is 51.4 Å². The van der Waals surface area contributed by atoms with E-state index in [1.807, 2.05) is 40.0 Å². The van der Waals surface area contributed by atoms with Crippen molar-refractivity contribution in [1.82, 2.24) is 24.5 Å². The van der Waals surface area contributed by atoms with Crippen molar-refractivity contribution < 1.29 is 19.0 Å². The number of amides is 1. The highest BCUT2D eigenvalue weighted by molar-refractivity contribution is 6.76. The Hall–Kier alpha value is -3.59. The van der Waals surface area contributed by atoms with E-state index in [2.05, 4.69) is 81.4 Å². The largest absolute Gasteiger partial charge is 0.449 e. The van der Waals surface area contributed by atoms with Crippen molar-refractivity contribution in [2.45, 2.75) is 115 Å². The third-order valence-corrected chi connectivity index (χ3v) is 13.9. The Kier molecular flexibility index (Phi) is 12.7. The lowest BCUT2D eigenvalue weighted by atomic mass is 9.88. The van der Waals surface area contributed by atoms with Crippen LogP contribution in [-0.4, -0.2) is 92.1 Å². The number of hydrogen-bond donors (Lipinski definition) is 0. The van der Waals surface area contributed by atoms with Crippen molar-refractivity contribution in [2.75, 3.05) is 38.2 Å². The first-order valence-corrected chi connectivity index (χ1v) is 27.1. The second-order valence-corrected chi connectivity index (χ2v) is 28.5. The summed E-state index contributed by atoms with van der Waals surface area (Å²) in [6.07, 6.45) is 9.29. The Balaban J connectivity index is 1.35. The molecule has 5 heterocycles. The standard InChI is InChI=1S/C41H60N6O4Si2/c1-8-9-19-51-41(48)46-34-16-17-35(46)25-33(24-34)38-26-39(45(29-49-20-22-52(2,3)4)30-50-21-23-53(5,6)7)47-40(44-38)36(28-43-47)32-15-18-37(42-27-32)31-13-11-10-12-14-31/h10-15,18,26-28,33-35H,8-9,16-17,19-25,29-30H2,1-7H3. The van der Waals surface area contributed by atoms with Crippen LogP contribution in [0.1, 0.15) is 57.1 Å². The summed E-state index contributed by atoms with van der Waals surface area (Å²) in [5.41, 5.74) is 5.70. The van der Waals surface area contributed by atoms with Gasteiger partial charge in [0.25, 0.3) is 0 Å². The molecule has 2 unspecified atom stereocenters. The monoisotopic (exact) mass is 756 g/mol. The van der Waals surface area contributed by atoms with Crippen LogP contribution >= 0.6 is 0 Å². The van der Waals surface area contributed by atoms with Gasteiger partial charge in [0.15, 0.2) is 5.65 Å². The van der Waals surface area contributed by atoms with Crippen molar-refractivity contribution in [1.29, 1.82) is 0 Å². The predicted molar refractivity (Wildman–Crippen MR) is 219 cm³/mol. The molecule has 53 heavy (non-hydrogen) atoms. The van der Waals surface area contributed by atoms with E-state index in [1.165, 1.54) is 0 Å². The molecule has 4 aromatic rings. The Bertz CT molecular complexity index is 1750. The molecule has 12 heteroatoms. The zero-order valence-electron chi connectivity index (χ0n) is 33.0. The minimum atomic E-state index is -1.27. The molecule has 2 bridgehead atoms. The Morgan fingerprint density at radius 2 is 1.51 bits per heavy atom. The molecule has 0 N–H and O–H groups in total. The topological polar surface area (TPSA) is 94.3 Å². The fourth-order valence-electron chi connectivity index (χ4n) is 7.31. The maximum absolute atomic E-state index is 13.2. The molecule has 0 spiro atoms. The van der Waals surface area contributed by atoms with E-state index in [4.69, 9.17) is 29.3 Å². The number of rotatable bonds is 17. The van der Waals surface area contributed by atoms with Crippen molar-refractivity contribution in [3.8, 4) is 22.4 Å². The van der Waals surface area contributed by atoms with Crippen LogP contribution in [0.4, 0.5) is 10.6 Å². The van der Waals surface area contributed by atoms with E-state index in [9.17, 15) is 4.79 Å². The normalized spacial score (nSPS) is 18.8. The third-order valence-electron chi connectivity index (χ3n) is 10.5. The zero-order chi connectivity index (χ0) is 37.6. The molecule has 3 aromatic heterocycles. The van der Waals surface area contributed by atoms with Gasteiger partial charge in [-0.05, 0) is 50.3 Å². The van der Waals surface area contributed by atoms with Crippen LogP contribution in [0, 0.1) is 0 Å². The van der Waals surface area contributed by atoms with E-state index in [1.54, 1.807) is 0 Å². The van der Waals surface area contributed by atoms with Crippen LogP contribution in [0.3, 0.4) is 0 Å². The number of pyridine rings is 1. The minimum absolute atomic E-state index is 0.152. The molecule has 286 valence electrons. The van der Waals surface area contributed by atoms with E-state index < -0.39 is 16.1 Å². The van der Waals surface area contributed by atoms with Gasteiger partial charge in [-0.25, -0.2) is 9.78 Å². The maximum Gasteiger partial charge on any atom is 0.410 e. The fourth-order valence-corrected chi connectivity index (χ4v) is 8.82.